The minimum absolute atomic E-state index is 0.146. The minimum atomic E-state index is -1.79. The predicted octanol–water partition coefficient (Wildman–Crippen LogP) is 5.12. The maximum absolute atomic E-state index is 11.9. The van der Waals surface area contributed by atoms with E-state index in [1.807, 2.05) is 24.3 Å². The molecule has 10 nitrogen and oxygen atoms in total. The van der Waals surface area contributed by atoms with Gasteiger partial charge in [-0.25, -0.2) is 4.79 Å². The predicted molar refractivity (Wildman–Crippen MR) is 130 cm³/mol. The molecule has 0 atom stereocenters. The van der Waals surface area contributed by atoms with Crippen LogP contribution in [0.1, 0.15) is 26.3 Å². The Bertz CT molecular complexity index is 733. The van der Waals surface area contributed by atoms with Crippen LogP contribution in [0, 0.1) is 0 Å². The van der Waals surface area contributed by atoms with E-state index in [1.165, 1.54) is 0 Å². The molecule has 1 aromatic carbocycles. The number of hydrogen-bond donors (Lipinski definition) is 1. The molecule has 0 unspecified atom stereocenters. The van der Waals surface area contributed by atoms with Crippen molar-refractivity contribution in [2.24, 2.45) is 5.11 Å². The summed E-state index contributed by atoms with van der Waals surface area (Å²) in [6.07, 6.45) is -0.530. The van der Waals surface area contributed by atoms with Crippen LogP contribution in [0.15, 0.2) is 29.4 Å². The zero-order valence-corrected chi connectivity index (χ0v) is 21.5. The van der Waals surface area contributed by atoms with E-state index in [4.69, 9.17) is 28.9 Å². The smallest absolute Gasteiger partial charge is 0.411 e. The number of carbonyl (C=O) groups excluding carboxylic acids is 1. The lowest BCUT2D eigenvalue weighted by Gasteiger charge is -2.36. The molecule has 0 aliphatic carbocycles. The number of rotatable bonds is 16. The molecule has 0 spiro atoms. The lowest BCUT2D eigenvalue weighted by Crippen LogP contribution is -2.40. The van der Waals surface area contributed by atoms with Crippen molar-refractivity contribution in [3.05, 3.63) is 40.3 Å². The summed E-state index contributed by atoms with van der Waals surface area (Å²) in [4.78, 5) is 14.5. The highest BCUT2D eigenvalue weighted by Crippen LogP contribution is 2.37. The Hall–Kier alpha value is -2.14. The van der Waals surface area contributed by atoms with E-state index in [9.17, 15) is 4.79 Å². The fourth-order valence-electron chi connectivity index (χ4n) is 2.20. The summed E-state index contributed by atoms with van der Waals surface area (Å²) in [5.74, 6) is 0. The van der Waals surface area contributed by atoms with Crippen molar-refractivity contribution in [2.75, 3.05) is 58.1 Å². The average Bonchev–Trinajstić information content (AvgIpc) is 2.75. The van der Waals surface area contributed by atoms with Gasteiger partial charge in [0, 0.05) is 17.1 Å². The first kappa shape index (κ1) is 28.9. The van der Waals surface area contributed by atoms with Crippen LogP contribution in [0.2, 0.25) is 18.1 Å². The first-order valence-corrected chi connectivity index (χ1v) is 14.0. The van der Waals surface area contributed by atoms with Crippen LogP contribution in [0.25, 0.3) is 10.4 Å². The minimum Gasteiger partial charge on any atom is -0.447 e. The molecule has 1 N–H and O–H groups in total. The summed E-state index contributed by atoms with van der Waals surface area (Å²) in [5, 5.41) is 6.22. The molecule has 186 valence electrons. The zero-order valence-electron chi connectivity index (χ0n) is 20.5. The van der Waals surface area contributed by atoms with Gasteiger partial charge in [0.25, 0.3) is 0 Å². The summed E-state index contributed by atoms with van der Waals surface area (Å²) in [6.45, 7) is 14.4. The molecular weight excluding hydrogens is 444 g/mol. The van der Waals surface area contributed by atoms with Crippen molar-refractivity contribution < 1.29 is 28.2 Å². The van der Waals surface area contributed by atoms with Crippen molar-refractivity contribution in [3.63, 3.8) is 0 Å². The van der Waals surface area contributed by atoms with Gasteiger partial charge >= 0.3 is 6.09 Å². The quantitative estimate of drug-likeness (QED) is 0.115. The SMILES string of the molecule is CC(C)(C)[Si](C)(C)OCc1ccc(NC(=O)OCCOCCOCCOCCN=[N+]=[N-])cc1. The second kappa shape index (κ2) is 15.7. The zero-order chi connectivity index (χ0) is 24.6. The van der Waals surface area contributed by atoms with Crippen LogP contribution in [0.4, 0.5) is 10.5 Å². The monoisotopic (exact) mass is 482 g/mol. The molecular formula is C22H38N4O6Si. The molecule has 0 saturated heterocycles. The second-order valence-electron chi connectivity index (χ2n) is 8.80. The average molecular weight is 483 g/mol. The number of azide groups is 1. The van der Waals surface area contributed by atoms with Crippen LogP contribution in [-0.2, 0) is 30.0 Å². The van der Waals surface area contributed by atoms with E-state index >= 15 is 0 Å². The Morgan fingerprint density at radius 1 is 0.970 bits per heavy atom. The summed E-state index contributed by atoms with van der Waals surface area (Å²) < 4.78 is 27.2. The molecule has 0 fully saturated rings. The van der Waals surface area contributed by atoms with Gasteiger partial charge in [0.1, 0.15) is 6.61 Å². The van der Waals surface area contributed by atoms with Gasteiger partial charge in [-0.15, -0.1) is 0 Å². The molecule has 1 amide bonds. The third-order valence-electron chi connectivity index (χ3n) is 5.21. The Kier molecular flexibility index (Phi) is 13.7. The summed E-state index contributed by atoms with van der Waals surface area (Å²) in [5.41, 5.74) is 9.84. The fourth-order valence-corrected chi connectivity index (χ4v) is 3.16. The number of anilines is 1. The lowest BCUT2D eigenvalue weighted by atomic mass is 10.2. The summed E-state index contributed by atoms with van der Waals surface area (Å²) in [7, 11) is -1.79. The molecule has 0 aliphatic rings. The normalized spacial score (nSPS) is 11.7. The van der Waals surface area contributed by atoms with Crippen LogP contribution in [0.3, 0.4) is 0 Å². The lowest BCUT2D eigenvalue weighted by molar-refractivity contribution is 0.00758. The van der Waals surface area contributed by atoms with E-state index in [0.29, 0.717) is 51.9 Å². The number of amides is 1. The number of carbonyl (C=O) groups is 1. The Morgan fingerprint density at radius 3 is 2.06 bits per heavy atom. The third kappa shape index (κ3) is 13.2. The van der Waals surface area contributed by atoms with Gasteiger partial charge in [0.05, 0.1) is 46.2 Å². The van der Waals surface area contributed by atoms with E-state index in [1.54, 1.807) is 0 Å². The maximum Gasteiger partial charge on any atom is 0.411 e. The topological polar surface area (TPSA) is 124 Å². The van der Waals surface area contributed by atoms with Crippen molar-refractivity contribution in [1.29, 1.82) is 0 Å². The van der Waals surface area contributed by atoms with E-state index in [-0.39, 0.29) is 18.3 Å². The molecule has 0 aromatic heterocycles. The Labute approximate surface area is 197 Å². The maximum atomic E-state index is 11.9. The Morgan fingerprint density at radius 2 is 1.52 bits per heavy atom. The number of nitrogens with zero attached hydrogens (tertiary/aromatic N) is 3. The van der Waals surface area contributed by atoms with Crippen LogP contribution < -0.4 is 5.32 Å². The van der Waals surface area contributed by atoms with Crippen LogP contribution in [0.5, 0.6) is 0 Å². The van der Waals surface area contributed by atoms with Gasteiger partial charge in [0.15, 0.2) is 8.32 Å². The molecule has 0 aliphatic heterocycles. The molecule has 0 heterocycles. The molecule has 33 heavy (non-hydrogen) atoms. The summed E-state index contributed by atoms with van der Waals surface area (Å²) in [6, 6.07) is 7.55. The van der Waals surface area contributed by atoms with E-state index < -0.39 is 14.4 Å². The van der Waals surface area contributed by atoms with Gasteiger partial charge in [0.2, 0.25) is 0 Å². The molecule has 1 rings (SSSR count). The van der Waals surface area contributed by atoms with Gasteiger partial charge < -0.3 is 23.4 Å². The number of nitrogens with one attached hydrogen (secondary N) is 1. The highest BCUT2D eigenvalue weighted by Gasteiger charge is 2.36. The van der Waals surface area contributed by atoms with Crippen LogP contribution in [-0.4, -0.2) is 67.2 Å². The molecule has 0 radical (unpaired) electrons. The highest BCUT2D eigenvalue weighted by molar-refractivity contribution is 6.74. The first-order chi connectivity index (χ1) is 15.7. The molecule has 1 aromatic rings. The molecule has 0 saturated carbocycles. The molecule has 11 heteroatoms. The van der Waals surface area contributed by atoms with Gasteiger partial charge in [-0.3, -0.25) is 5.32 Å². The van der Waals surface area contributed by atoms with Crippen molar-refractivity contribution >= 4 is 20.1 Å². The Balaban J connectivity index is 2.09. The fraction of sp³-hybridized carbons (Fsp3) is 0.682. The van der Waals surface area contributed by atoms with Gasteiger partial charge in [-0.05, 0) is 41.4 Å². The second-order valence-corrected chi connectivity index (χ2v) is 13.6. The number of ether oxygens (including phenoxy) is 4. The van der Waals surface area contributed by atoms with E-state index in [0.717, 1.165) is 5.56 Å². The van der Waals surface area contributed by atoms with E-state index in [2.05, 4.69) is 49.2 Å². The van der Waals surface area contributed by atoms with Crippen LogP contribution >= 0.6 is 0 Å². The number of benzene rings is 1. The molecule has 0 bridgehead atoms. The summed E-state index contributed by atoms with van der Waals surface area (Å²) >= 11 is 0. The van der Waals surface area contributed by atoms with Gasteiger partial charge in [-0.2, -0.15) is 0 Å². The first-order valence-electron chi connectivity index (χ1n) is 11.1. The van der Waals surface area contributed by atoms with Gasteiger partial charge in [-0.1, -0.05) is 38.0 Å². The largest absolute Gasteiger partial charge is 0.447 e. The third-order valence-corrected chi connectivity index (χ3v) is 9.69. The number of hydrogen-bond acceptors (Lipinski definition) is 7. The van der Waals surface area contributed by atoms with Crippen molar-refractivity contribution in [2.45, 2.75) is 45.5 Å². The van der Waals surface area contributed by atoms with Crippen molar-refractivity contribution in [3.8, 4) is 0 Å². The highest BCUT2D eigenvalue weighted by atomic mass is 28.4. The van der Waals surface area contributed by atoms with Crippen molar-refractivity contribution in [1.82, 2.24) is 0 Å². The standard InChI is InChI=1S/C22H38N4O6Si/c1-22(2,3)33(4,5)32-18-19-6-8-20(9-7-19)25-21(27)31-17-16-30-15-14-29-13-12-28-11-10-24-26-23/h6-9H,10-18H2,1-5H3,(H,25,27).